The number of fused-ring (bicyclic) bond motifs is 1. The largest absolute Gasteiger partial charge is 0.391 e. The summed E-state index contributed by atoms with van der Waals surface area (Å²) >= 11 is 9.06. The number of aliphatic hydroxyl groups is 1. The predicted molar refractivity (Wildman–Crippen MR) is 127 cm³/mol. The van der Waals surface area contributed by atoms with Crippen LogP contribution in [0.25, 0.3) is 20.8 Å². The third-order valence-corrected chi connectivity index (χ3v) is 8.05. The second-order valence-electron chi connectivity index (χ2n) is 8.29. The van der Waals surface area contributed by atoms with Gasteiger partial charge in [-0.2, -0.15) is 0 Å². The van der Waals surface area contributed by atoms with Gasteiger partial charge in [0.25, 0.3) is 0 Å². The molecule has 7 nitrogen and oxygen atoms in total. The number of β-amino-alcohol motifs (C(OH)–C–C–N with tert-alkyl or cyclic N) is 1. The lowest BCUT2D eigenvalue weighted by atomic mass is 10.0. The number of likely N-dealkylation sites (tertiary alicyclic amines) is 1. The van der Waals surface area contributed by atoms with Crippen LogP contribution in [-0.4, -0.2) is 48.5 Å². The molecule has 32 heavy (non-hydrogen) atoms. The molecule has 4 heterocycles. The molecule has 3 atom stereocenters. The Morgan fingerprint density at radius 3 is 2.75 bits per heavy atom. The van der Waals surface area contributed by atoms with E-state index in [1.165, 1.54) is 11.3 Å². The number of thiophene rings is 1. The number of rotatable bonds is 5. The predicted octanol–water partition coefficient (Wildman–Crippen LogP) is 4.80. The number of hydrogen-bond donors (Lipinski definition) is 1. The van der Waals surface area contributed by atoms with Crippen LogP contribution >= 0.6 is 34.3 Å². The first-order valence-electron chi connectivity index (χ1n) is 10.4. The van der Waals surface area contributed by atoms with Crippen molar-refractivity contribution in [2.75, 3.05) is 6.54 Å². The zero-order chi connectivity index (χ0) is 22.4. The molecular weight excluding hydrogens is 466 g/mol. The SMILES string of the molecule is CC(C)[C@H](C(=O)N1C[C@H](O)C[C@H]1c1nc2ccccc2s1)n1cc(-c2ccc(Cl)s2)nn1. The molecule has 0 bridgehead atoms. The van der Waals surface area contributed by atoms with Crippen molar-refractivity contribution in [2.45, 2.75) is 38.5 Å². The highest BCUT2D eigenvalue weighted by Gasteiger charge is 2.41. The Bertz CT molecular complexity index is 1230. The van der Waals surface area contributed by atoms with Gasteiger partial charge >= 0.3 is 0 Å². The standard InChI is InChI=1S/C22H22ClN5O2S2/c1-12(2)20(28-11-15(25-26-28)18-7-8-19(23)31-18)22(30)27-10-13(29)9-16(27)21-24-14-5-3-4-6-17(14)32-21/h3-8,11-13,16,20,29H,9-10H2,1-2H3/t13-,16+,20-/m1/s1. The number of benzene rings is 1. The number of para-hydroxylation sites is 1. The Hall–Kier alpha value is -2.33. The third-order valence-electron chi connectivity index (χ3n) is 5.66. The molecule has 1 saturated heterocycles. The molecule has 0 radical (unpaired) electrons. The average molecular weight is 488 g/mol. The van der Waals surface area contributed by atoms with Crippen LogP contribution < -0.4 is 0 Å². The van der Waals surface area contributed by atoms with Crippen molar-refractivity contribution in [1.29, 1.82) is 0 Å². The van der Waals surface area contributed by atoms with Gasteiger partial charge in [0.15, 0.2) is 0 Å². The van der Waals surface area contributed by atoms with Crippen molar-refractivity contribution < 1.29 is 9.90 Å². The van der Waals surface area contributed by atoms with Gasteiger partial charge < -0.3 is 10.0 Å². The number of amides is 1. The molecule has 10 heteroatoms. The van der Waals surface area contributed by atoms with Crippen LogP contribution in [0.3, 0.4) is 0 Å². The number of nitrogens with zero attached hydrogens (tertiary/aromatic N) is 5. The summed E-state index contributed by atoms with van der Waals surface area (Å²) in [5.74, 6) is -0.0980. The van der Waals surface area contributed by atoms with Crippen LogP contribution in [0.15, 0.2) is 42.6 Å². The summed E-state index contributed by atoms with van der Waals surface area (Å²) in [6, 6.07) is 10.9. The number of aromatic nitrogens is 4. The zero-order valence-corrected chi connectivity index (χ0v) is 19.9. The molecule has 166 valence electrons. The van der Waals surface area contributed by atoms with Crippen LogP contribution in [0.4, 0.5) is 0 Å². The van der Waals surface area contributed by atoms with Gasteiger partial charge in [0.2, 0.25) is 5.91 Å². The minimum atomic E-state index is -0.580. The van der Waals surface area contributed by atoms with Crippen LogP contribution in [0.5, 0.6) is 0 Å². The maximum atomic E-state index is 13.8. The number of aliphatic hydroxyl groups excluding tert-OH is 1. The summed E-state index contributed by atoms with van der Waals surface area (Å²) in [5.41, 5.74) is 1.60. The van der Waals surface area contributed by atoms with Gasteiger partial charge in [0.05, 0.1) is 37.8 Å². The lowest BCUT2D eigenvalue weighted by molar-refractivity contribution is -0.137. The van der Waals surface area contributed by atoms with Crippen molar-refractivity contribution in [3.8, 4) is 10.6 Å². The first-order valence-corrected chi connectivity index (χ1v) is 12.4. The molecule has 0 aliphatic carbocycles. The lowest BCUT2D eigenvalue weighted by Crippen LogP contribution is -2.40. The molecule has 3 aromatic heterocycles. The molecule has 1 aliphatic heterocycles. The summed E-state index contributed by atoms with van der Waals surface area (Å²) in [5, 5.41) is 19.8. The van der Waals surface area contributed by atoms with Crippen LogP contribution in [0, 0.1) is 5.92 Å². The normalized spacial score (nSPS) is 19.8. The van der Waals surface area contributed by atoms with Gasteiger partial charge in [0.1, 0.15) is 16.7 Å². The fraction of sp³-hybridized carbons (Fsp3) is 0.364. The van der Waals surface area contributed by atoms with Crippen molar-refractivity contribution in [3.05, 3.63) is 51.9 Å². The summed E-state index contributed by atoms with van der Waals surface area (Å²) in [6.45, 7) is 4.26. The van der Waals surface area contributed by atoms with Gasteiger partial charge in [0, 0.05) is 13.0 Å². The molecule has 5 rings (SSSR count). The Morgan fingerprint density at radius 1 is 1.22 bits per heavy atom. The van der Waals surface area contributed by atoms with Gasteiger partial charge in [-0.15, -0.1) is 27.8 Å². The monoisotopic (exact) mass is 487 g/mol. The molecule has 1 aliphatic rings. The second kappa shape index (κ2) is 8.55. The fourth-order valence-electron chi connectivity index (χ4n) is 4.18. The molecule has 1 fully saturated rings. The van der Waals surface area contributed by atoms with E-state index in [0.717, 1.165) is 20.1 Å². The van der Waals surface area contributed by atoms with E-state index in [1.54, 1.807) is 27.1 Å². The Morgan fingerprint density at radius 2 is 2.03 bits per heavy atom. The summed E-state index contributed by atoms with van der Waals surface area (Å²) < 4.78 is 3.39. The average Bonchev–Trinajstić information content (AvgIpc) is 3.52. The molecule has 1 aromatic carbocycles. The third kappa shape index (κ3) is 3.94. The zero-order valence-electron chi connectivity index (χ0n) is 17.6. The van der Waals surface area contributed by atoms with E-state index in [-0.39, 0.29) is 24.4 Å². The molecule has 1 N–H and O–H groups in total. The molecular formula is C22H22ClN5O2S2. The first-order chi connectivity index (χ1) is 15.4. The fourth-order valence-corrected chi connectivity index (χ4v) is 6.26. The van der Waals surface area contributed by atoms with Crippen molar-refractivity contribution in [3.63, 3.8) is 0 Å². The van der Waals surface area contributed by atoms with E-state index in [1.807, 2.05) is 50.2 Å². The van der Waals surface area contributed by atoms with E-state index in [9.17, 15) is 9.90 Å². The van der Waals surface area contributed by atoms with Gasteiger partial charge in [-0.25, -0.2) is 9.67 Å². The number of carbonyl (C=O) groups is 1. The van der Waals surface area contributed by atoms with Crippen LogP contribution in [-0.2, 0) is 4.79 Å². The summed E-state index contributed by atoms with van der Waals surface area (Å²) in [7, 11) is 0. The summed E-state index contributed by atoms with van der Waals surface area (Å²) in [4.78, 5) is 21.2. The molecule has 4 aromatic rings. The van der Waals surface area contributed by atoms with Gasteiger partial charge in [-0.05, 0) is 30.2 Å². The van der Waals surface area contributed by atoms with Gasteiger partial charge in [-0.3, -0.25) is 4.79 Å². The quantitative estimate of drug-likeness (QED) is 0.437. The van der Waals surface area contributed by atoms with Crippen molar-refractivity contribution >= 4 is 50.4 Å². The Labute approximate surface area is 198 Å². The molecule has 1 amide bonds. The Balaban J connectivity index is 1.46. The smallest absolute Gasteiger partial charge is 0.248 e. The Kier molecular flexibility index (Phi) is 5.75. The van der Waals surface area contributed by atoms with E-state index in [4.69, 9.17) is 16.6 Å². The van der Waals surface area contributed by atoms with E-state index >= 15 is 0 Å². The minimum absolute atomic E-state index is 0.0160. The lowest BCUT2D eigenvalue weighted by Gasteiger charge is -2.29. The van der Waals surface area contributed by atoms with Crippen LogP contribution in [0.2, 0.25) is 4.34 Å². The highest BCUT2D eigenvalue weighted by atomic mass is 35.5. The highest BCUT2D eigenvalue weighted by molar-refractivity contribution is 7.19. The highest BCUT2D eigenvalue weighted by Crippen LogP contribution is 2.39. The number of thiazole rings is 1. The molecule has 0 unspecified atom stereocenters. The van der Waals surface area contributed by atoms with Crippen molar-refractivity contribution in [2.24, 2.45) is 5.92 Å². The first kappa shape index (κ1) is 21.5. The number of carbonyl (C=O) groups excluding carboxylic acids is 1. The maximum Gasteiger partial charge on any atom is 0.248 e. The summed E-state index contributed by atoms with van der Waals surface area (Å²) in [6.07, 6.45) is 1.69. The minimum Gasteiger partial charge on any atom is -0.391 e. The van der Waals surface area contributed by atoms with E-state index in [2.05, 4.69) is 10.3 Å². The maximum absolute atomic E-state index is 13.8. The molecule has 0 spiro atoms. The molecule has 0 saturated carbocycles. The van der Waals surface area contributed by atoms with E-state index in [0.29, 0.717) is 16.5 Å². The topological polar surface area (TPSA) is 84.1 Å². The van der Waals surface area contributed by atoms with Gasteiger partial charge in [-0.1, -0.05) is 42.8 Å². The van der Waals surface area contributed by atoms with Crippen molar-refractivity contribution in [1.82, 2.24) is 24.9 Å². The van der Waals surface area contributed by atoms with E-state index < -0.39 is 12.1 Å². The second-order valence-corrected chi connectivity index (χ2v) is 11.1. The van der Waals surface area contributed by atoms with Crippen LogP contribution in [0.1, 0.15) is 37.4 Å². The number of hydrogen-bond acceptors (Lipinski definition) is 7. The number of halogens is 1.